The molecule has 1 aromatic heterocycles. The number of carbonyl (C=O) groups excluding carboxylic acids is 1. The molecule has 1 unspecified atom stereocenters. The van der Waals surface area contributed by atoms with Gasteiger partial charge in [-0.1, -0.05) is 44.9 Å². The van der Waals surface area contributed by atoms with E-state index >= 15 is 0 Å². The number of benzene rings is 1. The Kier molecular flexibility index (Phi) is 6.32. The van der Waals surface area contributed by atoms with Crippen LogP contribution in [0.2, 0.25) is 0 Å². The summed E-state index contributed by atoms with van der Waals surface area (Å²) in [6, 6.07) is 9.85. The van der Waals surface area contributed by atoms with Gasteiger partial charge in [-0.25, -0.2) is 4.68 Å². The molecule has 1 saturated carbocycles. The first-order chi connectivity index (χ1) is 14.7. The van der Waals surface area contributed by atoms with Crippen molar-refractivity contribution in [3.8, 4) is 5.75 Å². The van der Waals surface area contributed by atoms with Crippen molar-refractivity contribution < 1.29 is 9.53 Å². The lowest BCUT2D eigenvalue weighted by Crippen LogP contribution is -2.51. The number of ether oxygens (including phenoxy) is 1. The maximum atomic E-state index is 12.9. The molecule has 1 aliphatic carbocycles. The highest BCUT2D eigenvalue weighted by Crippen LogP contribution is 2.39. The summed E-state index contributed by atoms with van der Waals surface area (Å²) in [5.41, 5.74) is -0.349. The summed E-state index contributed by atoms with van der Waals surface area (Å²) in [6.07, 6.45) is 5.53. The number of tetrazole rings is 1. The van der Waals surface area contributed by atoms with Crippen molar-refractivity contribution in [2.75, 3.05) is 32.8 Å². The van der Waals surface area contributed by atoms with E-state index in [1.54, 1.807) is 0 Å². The van der Waals surface area contributed by atoms with E-state index in [9.17, 15) is 4.79 Å². The van der Waals surface area contributed by atoms with E-state index < -0.39 is 0 Å². The van der Waals surface area contributed by atoms with E-state index in [-0.39, 0.29) is 18.1 Å². The zero-order valence-corrected chi connectivity index (χ0v) is 18.0. The molecular weight excluding hydrogens is 380 g/mol. The maximum Gasteiger partial charge on any atom is 0.260 e. The number of para-hydroxylation sites is 1. The van der Waals surface area contributed by atoms with Gasteiger partial charge >= 0.3 is 0 Å². The van der Waals surface area contributed by atoms with E-state index in [2.05, 4.69) is 39.0 Å². The van der Waals surface area contributed by atoms with Gasteiger partial charge in [-0.2, -0.15) is 0 Å². The van der Waals surface area contributed by atoms with Gasteiger partial charge in [0.25, 0.3) is 5.91 Å². The fraction of sp³-hybridized carbons (Fsp3) is 0.636. The number of amides is 1. The van der Waals surface area contributed by atoms with E-state index in [1.165, 1.54) is 12.8 Å². The van der Waals surface area contributed by atoms with Gasteiger partial charge in [0.15, 0.2) is 12.4 Å². The van der Waals surface area contributed by atoms with Crippen LogP contribution in [0.25, 0.3) is 0 Å². The molecule has 4 rings (SSSR count). The zero-order valence-electron chi connectivity index (χ0n) is 18.0. The summed E-state index contributed by atoms with van der Waals surface area (Å²) < 4.78 is 7.76. The van der Waals surface area contributed by atoms with Gasteiger partial charge < -0.3 is 9.64 Å². The predicted octanol–water partition coefficient (Wildman–Crippen LogP) is 2.64. The Morgan fingerprint density at radius 2 is 1.93 bits per heavy atom. The molecular formula is C22H32N6O2. The number of aromatic nitrogens is 4. The van der Waals surface area contributed by atoms with Gasteiger partial charge in [0.2, 0.25) is 0 Å². The van der Waals surface area contributed by atoms with E-state index in [0.717, 1.165) is 38.2 Å². The highest BCUT2D eigenvalue weighted by Gasteiger charge is 2.49. The number of hydrogen-bond acceptors (Lipinski definition) is 6. The van der Waals surface area contributed by atoms with E-state index in [4.69, 9.17) is 4.74 Å². The molecule has 1 aromatic carbocycles. The van der Waals surface area contributed by atoms with E-state index in [1.807, 2.05) is 35.2 Å². The summed E-state index contributed by atoms with van der Waals surface area (Å²) in [6.45, 7) is 7.43. The van der Waals surface area contributed by atoms with Crippen LogP contribution in [-0.4, -0.2) is 68.7 Å². The smallest absolute Gasteiger partial charge is 0.260 e. The third kappa shape index (κ3) is 3.93. The average Bonchev–Trinajstić information content (AvgIpc) is 3.54. The third-order valence-electron chi connectivity index (χ3n) is 6.65. The molecule has 30 heavy (non-hydrogen) atoms. The number of likely N-dealkylation sites (tertiary alicyclic amines) is 1. The second-order valence-corrected chi connectivity index (χ2v) is 8.26. The predicted molar refractivity (Wildman–Crippen MR) is 113 cm³/mol. The van der Waals surface area contributed by atoms with Crippen molar-refractivity contribution in [2.45, 2.75) is 57.5 Å². The first-order valence-corrected chi connectivity index (χ1v) is 11.2. The molecule has 2 fully saturated rings. The minimum atomic E-state index is -0.349. The Balaban J connectivity index is 1.54. The average molecular weight is 413 g/mol. The van der Waals surface area contributed by atoms with Crippen molar-refractivity contribution in [1.29, 1.82) is 0 Å². The number of hydrogen-bond donors (Lipinski definition) is 0. The quantitative estimate of drug-likeness (QED) is 0.663. The molecule has 0 radical (unpaired) electrons. The van der Waals surface area contributed by atoms with Crippen LogP contribution in [0.5, 0.6) is 5.75 Å². The molecule has 2 aromatic rings. The molecule has 0 N–H and O–H groups in total. The van der Waals surface area contributed by atoms with Crippen molar-refractivity contribution in [1.82, 2.24) is 30.0 Å². The van der Waals surface area contributed by atoms with Gasteiger partial charge in [0.1, 0.15) is 11.3 Å². The van der Waals surface area contributed by atoms with Crippen LogP contribution >= 0.6 is 0 Å². The fourth-order valence-corrected chi connectivity index (χ4v) is 5.07. The van der Waals surface area contributed by atoms with Crippen LogP contribution in [0.1, 0.15) is 57.8 Å². The summed E-state index contributed by atoms with van der Waals surface area (Å²) in [5, 5.41) is 13.0. The Morgan fingerprint density at radius 3 is 2.63 bits per heavy atom. The largest absolute Gasteiger partial charge is 0.484 e. The number of carbonyl (C=O) groups is 1. The fourth-order valence-electron chi connectivity index (χ4n) is 5.07. The molecule has 0 bridgehead atoms. The van der Waals surface area contributed by atoms with Crippen LogP contribution in [0.3, 0.4) is 0 Å². The van der Waals surface area contributed by atoms with Crippen LogP contribution in [0, 0.1) is 0 Å². The second kappa shape index (κ2) is 9.12. The molecule has 8 heteroatoms. The molecule has 2 aliphatic rings. The molecule has 1 saturated heterocycles. The molecule has 1 atom stereocenters. The molecule has 1 amide bonds. The lowest BCUT2D eigenvalue weighted by atomic mass is 9.94. The highest BCUT2D eigenvalue weighted by molar-refractivity contribution is 5.78. The summed E-state index contributed by atoms with van der Waals surface area (Å²) in [5.74, 6) is 1.63. The molecule has 162 valence electrons. The topological polar surface area (TPSA) is 76.4 Å². The van der Waals surface area contributed by atoms with Crippen molar-refractivity contribution in [3.63, 3.8) is 0 Å². The van der Waals surface area contributed by atoms with Crippen molar-refractivity contribution >= 4 is 5.91 Å². The van der Waals surface area contributed by atoms with Gasteiger partial charge in [-0.3, -0.25) is 9.69 Å². The van der Waals surface area contributed by atoms with Gasteiger partial charge in [0, 0.05) is 13.1 Å². The number of nitrogens with zero attached hydrogens (tertiary/aromatic N) is 6. The van der Waals surface area contributed by atoms with Gasteiger partial charge in [-0.15, -0.1) is 5.10 Å². The van der Waals surface area contributed by atoms with Crippen molar-refractivity contribution in [3.05, 3.63) is 36.2 Å². The Bertz CT molecular complexity index is 831. The van der Waals surface area contributed by atoms with E-state index in [0.29, 0.717) is 24.9 Å². The molecule has 2 heterocycles. The first kappa shape index (κ1) is 20.8. The summed E-state index contributed by atoms with van der Waals surface area (Å²) >= 11 is 0. The lowest BCUT2D eigenvalue weighted by molar-refractivity contribution is -0.133. The summed E-state index contributed by atoms with van der Waals surface area (Å²) in [7, 11) is 0. The molecule has 1 aliphatic heterocycles. The minimum Gasteiger partial charge on any atom is -0.484 e. The standard InChI is InChI=1S/C22H32N6O2/c1-3-27(4-2)22(21-23-24-25-28(21)18-10-8-9-11-18)14-15-26(17-22)20(29)16-30-19-12-6-5-7-13-19/h5-7,12-13,18H,3-4,8-11,14-17H2,1-2H3. The number of rotatable bonds is 8. The third-order valence-corrected chi connectivity index (χ3v) is 6.65. The van der Waals surface area contributed by atoms with Gasteiger partial charge in [0.05, 0.1) is 6.04 Å². The first-order valence-electron chi connectivity index (χ1n) is 11.2. The van der Waals surface area contributed by atoms with Gasteiger partial charge in [-0.05, 0) is 54.9 Å². The normalized spacial score (nSPS) is 22.2. The van der Waals surface area contributed by atoms with Crippen LogP contribution in [0.4, 0.5) is 0 Å². The Labute approximate surface area is 178 Å². The van der Waals surface area contributed by atoms with Crippen molar-refractivity contribution in [2.24, 2.45) is 0 Å². The lowest BCUT2D eigenvalue weighted by Gasteiger charge is -2.39. The Hall–Kier alpha value is -2.48. The van der Waals surface area contributed by atoms with Crippen LogP contribution in [-0.2, 0) is 10.3 Å². The minimum absolute atomic E-state index is 0.00720. The van der Waals surface area contributed by atoms with Crippen LogP contribution < -0.4 is 4.74 Å². The SMILES string of the molecule is CCN(CC)C1(c2nnnn2C2CCCC2)CCN(C(=O)COc2ccccc2)C1. The Morgan fingerprint density at radius 1 is 1.20 bits per heavy atom. The second-order valence-electron chi connectivity index (χ2n) is 8.26. The zero-order chi connectivity index (χ0) is 21.0. The monoisotopic (exact) mass is 412 g/mol. The molecule has 0 spiro atoms. The summed E-state index contributed by atoms with van der Waals surface area (Å²) in [4.78, 5) is 17.3. The maximum absolute atomic E-state index is 12.9. The highest BCUT2D eigenvalue weighted by atomic mass is 16.5. The van der Waals surface area contributed by atoms with Crippen LogP contribution in [0.15, 0.2) is 30.3 Å². The number of likely N-dealkylation sites (N-methyl/N-ethyl adjacent to an activating group) is 1. The molecule has 8 nitrogen and oxygen atoms in total.